The Hall–Kier alpha value is -2.20. The number of hydrogen-bond acceptors (Lipinski definition) is 2. The van der Waals surface area contributed by atoms with E-state index in [0.717, 1.165) is 35.6 Å². The number of hydrogen-bond donors (Lipinski definition) is 2. The number of nitrogens with zero attached hydrogens (tertiary/aromatic N) is 1. The fourth-order valence-electron chi connectivity index (χ4n) is 2.31. The van der Waals surface area contributed by atoms with Crippen molar-refractivity contribution in [1.29, 1.82) is 0 Å². The number of halogens is 1. The maximum atomic E-state index is 13.8. The average molecular weight is 269 g/mol. The van der Waals surface area contributed by atoms with Gasteiger partial charge in [-0.2, -0.15) is 0 Å². The van der Waals surface area contributed by atoms with Crippen molar-refractivity contribution in [2.24, 2.45) is 0 Å². The molecule has 3 nitrogen and oxygen atoms in total. The zero-order chi connectivity index (χ0) is 13.9. The number of rotatable bonds is 4. The molecule has 3 rings (SSSR count). The van der Waals surface area contributed by atoms with Crippen LogP contribution in [-0.2, 0) is 6.54 Å². The summed E-state index contributed by atoms with van der Waals surface area (Å²) in [6, 6.07) is 10.7. The van der Waals surface area contributed by atoms with Crippen LogP contribution in [0.15, 0.2) is 42.6 Å². The van der Waals surface area contributed by atoms with Gasteiger partial charge in [0.1, 0.15) is 11.6 Å². The second kappa shape index (κ2) is 5.43. The maximum Gasteiger partial charge on any atom is 0.138 e. The highest BCUT2D eigenvalue weighted by Gasteiger charge is 2.10. The molecular weight excluding hydrogens is 253 g/mol. The van der Waals surface area contributed by atoms with Crippen molar-refractivity contribution < 1.29 is 4.39 Å². The molecule has 0 saturated heterocycles. The van der Waals surface area contributed by atoms with Crippen LogP contribution < -0.4 is 5.32 Å². The monoisotopic (exact) mass is 269 g/mol. The largest absolute Gasteiger partial charge is 0.341 e. The van der Waals surface area contributed by atoms with E-state index in [0.29, 0.717) is 5.39 Å². The lowest BCUT2D eigenvalue weighted by Gasteiger charge is -2.05. The smallest absolute Gasteiger partial charge is 0.138 e. The van der Waals surface area contributed by atoms with E-state index in [9.17, 15) is 4.39 Å². The minimum absolute atomic E-state index is 0.205. The molecule has 0 spiro atoms. The number of fused-ring (bicyclic) bond motifs is 1. The summed E-state index contributed by atoms with van der Waals surface area (Å²) in [7, 11) is 0. The molecule has 0 aliphatic carbocycles. The van der Waals surface area contributed by atoms with Gasteiger partial charge in [0.15, 0.2) is 0 Å². The van der Waals surface area contributed by atoms with E-state index in [2.05, 4.69) is 22.2 Å². The van der Waals surface area contributed by atoms with Gasteiger partial charge in [-0.3, -0.25) is 0 Å². The maximum absolute atomic E-state index is 13.8. The third-order valence-corrected chi connectivity index (χ3v) is 3.32. The first-order valence-corrected chi connectivity index (χ1v) is 6.72. The summed E-state index contributed by atoms with van der Waals surface area (Å²) in [6.07, 6.45) is 1.82. The van der Waals surface area contributed by atoms with Gasteiger partial charge in [-0.15, -0.1) is 0 Å². The fourth-order valence-corrected chi connectivity index (χ4v) is 2.31. The molecule has 2 aromatic carbocycles. The van der Waals surface area contributed by atoms with Gasteiger partial charge in [0.25, 0.3) is 0 Å². The molecule has 0 atom stereocenters. The highest BCUT2D eigenvalue weighted by Crippen LogP contribution is 2.28. The van der Waals surface area contributed by atoms with Crippen molar-refractivity contribution in [2.45, 2.75) is 13.5 Å². The molecule has 0 aliphatic heterocycles. The van der Waals surface area contributed by atoms with Crippen molar-refractivity contribution in [3.63, 3.8) is 0 Å². The lowest BCUT2D eigenvalue weighted by atomic mass is 10.0. The summed E-state index contributed by atoms with van der Waals surface area (Å²) in [5.74, 6) is 0.567. The van der Waals surface area contributed by atoms with Gasteiger partial charge in [-0.1, -0.05) is 31.2 Å². The molecule has 2 N–H and O–H groups in total. The first-order valence-electron chi connectivity index (χ1n) is 6.72. The van der Waals surface area contributed by atoms with Gasteiger partial charge in [0.2, 0.25) is 0 Å². The molecule has 0 amide bonds. The van der Waals surface area contributed by atoms with Crippen LogP contribution in [0.25, 0.3) is 22.2 Å². The van der Waals surface area contributed by atoms with Gasteiger partial charge in [-0.05, 0) is 24.1 Å². The van der Waals surface area contributed by atoms with E-state index < -0.39 is 0 Å². The molecule has 0 aliphatic rings. The fraction of sp³-hybridized carbons (Fsp3) is 0.188. The van der Waals surface area contributed by atoms with Crippen molar-refractivity contribution in [1.82, 2.24) is 15.3 Å². The molecule has 0 radical (unpaired) electrons. The summed E-state index contributed by atoms with van der Waals surface area (Å²) in [5, 5.41) is 4.74. The summed E-state index contributed by atoms with van der Waals surface area (Å²) in [6.45, 7) is 3.72. The van der Waals surface area contributed by atoms with E-state index in [-0.39, 0.29) is 5.82 Å². The molecule has 0 bridgehead atoms. The molecule has 0 saturated carbocycles. The van der Waals surface area contributed by atoms with E-state index in [1.807, 2.05) is 24.4 Å². The van der Waals surface area contributed by atoms with Crippen LogP contribution in [0.5, 0.6) is 0 Å². The zero-order valence-corrected chi connectivity index (χ0v) is 11.3. The Balaban J connectivity index is 2.06. The topological polar surface area (TPSA) is 40.7 Å². The number of H-pyrrole nitrogens is 1. The average Bonchev–Trinajstić information content (AvgIpc) is 2.94. The molecule has 3 aromatic rings. The van der Waals surface area contributed by atoms with E-state index in [1.165, 1.54) is 6.07 Å². The predicted octanol–water partition coefficient (Wildman–Crippen LogP) is 3.48. The van der Waals surface area contributed by atoms with Crippen molar-refractivity contribution >= 4 is 10.8 Å². The van der Waals surface area contributed by atoms with E-state index >= 15 is 0 Å². The Morgan fingerprint density at radius 1 is 1.15 bits per heavy atom. The van der Waals surface area contributed by atoms with Crippen LogP contribution in [-0.4, -0.2) is 16.5 Å². The zero-order valence-electron chi connectivity index (χ0n) is 11.3. The first-order chi connectivity index (χ1) is 9.79. The Kier molecular flexibility index (Phi) is 3.48. The molecule has 102 valence electrons. The molecule has 4 heteroatoms. The number of nitrogens with one attached hydrogen (secondary N) is 2. The summed E-state index contributed by atoms with van der Waals surface area (Å²) >= 11 is 0. The highest BCUT2D eigenvalue weighted by atomic mass is 19.1. The van der Waals surface area contributed by atoms with E-state index in [1.54, 1.807) is 12.1 Å². The van der Waals surface area contributed by atoms with Gasteiger partial charge < -0.3 is 10.3 Å². The van der Waals surface area contributed by atoms with Gasteiger partial charge in [-0.25, -0.2) is 9.37 Å². The SMILES string of the molecule is CCNCc1cnc(-c2ccc(F)c3ccccc23)[nH]1. The van der Waals surface area contributed by atoms with Crippen LogP contribution in [0.1, 0.15) is 12.6 Å². The summed E-state index contributed by atoms with van der Waals surface area (Å²) < 4.78 is 13.8. The predicted molar refractivity (Wildman–Crippen MR) is 78.9 cm³/mol. The van der Waals surface area contributed by atoms with Gasteiger partial charge >= 0.3 is 0 Å². The van der Waals surface area contributed by atoms with Crippen molar-refractivity contribution in [2.75, 3.05) is 6.54 Å². The summed E-state index contributed by atoms with van der Waals surface area (Å²) in [5.41, 5.74) is 1.94. The third kappa shape index (κ3) is 2.30. The highest BCUT2D eigenvalue weighted by molar-refractivity contribution is 5.95. The Bertz CT molecular complexity index is 733. The quantitative estimate of drug-likeness (QED) is 0.761. The van der Waals surface area contributed by atoms with Crippen LogP contribution in [0, 0.1) is 5.82 Å². The third-order valence-electron chi connectivity index (χ3n) is 3.32. The van der Waals surface area contributed by atoms with Crippen molar-refractivity contribution in [3.05, 3.63) is 54.1 Å². The lowest BCUT2D eigenvalue weighted by Crippen LogP contribution is -2.11. The minimum atomic E-state index is -0.205. The first kappa shape index (κ1) is 12.8. The Morgan fingerprint density at radius 2 is 1.95 bits per heavy atom. The molecule has 20 heavy (non-hydrogen) atoms. The number of benzene rings is 2. The summed E-state index contributed by atoms with van der Waals surface area (Å²) in [4.78, 5) is 7.68. The molecule has 1 aromatic heterocycles. The molecular formula is C16H16FN3. The molecule has 1 heterocycles. The standard InChI is InChI=1S/C16H16FN3/c1-2-18-9-11-10-19-16(20-11)14-7-8-15(17)13-6-4-3-5-12(13)14/h3-8,10,18H,2,9H2,1H3,(H,19,20). The second-order valence-corrected chi connectivity index (χ2v) is 4.68. The minimum Gasteiger partial charge on any atom is -0.341 e. The molecule has 0 fully saturated rings. The van der Waals surface area contributed by atoms with Gasteiger partial charge in [0.05, 0.1) is 0 Å². The number of aromatic nitrogens is 2. The Labute approximate surface area is 116 Å². The normalized spacial score (nSPS) is 11.1. The number of imidazole rings is 1. The number of aromatic amines is 1. The lowest BCUT2D eigenvalue weighted by molar-refractivity contribution is 0.640. The van der Waals surface area contributed by atoms with E-state index in [4.69, 9.17) is 0 Å². The van der Waals surface area contributed by atoms with Crippen molar-refractivity contribution in [3.8, 4) is 11.4 Å². The second-order valence-electron chi connectivity index (χ2n) is 4.68. The van der Waals surface area contributed by atoms with Crippen LogP contribution in [0.4, 0.5) is 4.39 Å². The van der Waals surface area contributed by atoms with Crippen LogP contribution in [0.3, 0.4) is 0 Å². The van der Waals surface area contributed by atoms with Crippen LogP contribution in [0.2, 0.25) is 0 Å². The van der Waals surface area contributed by atoms with Crippen LogP contribution >= 0.6 is 0 Å². The Morgan fingerprint density at radius 3 is 2.75 bits per heavy atom. The molecule has 0 unspecified atom stereocenters. The van der Waals surface area contributed by atoms with Gasteiger partial charge in [0, 0.05) is 29.4 Å².